The van der Waals surface area contributed by atoms with Gasteiger partial charge in [0.15, 0.2) is 23.3 Å². The summed E-state index contributed by atoms with van der Waals surface area (Å²) in [5.41, 5.74) is 5.57. The van der Waals surface area contributed by atoms with Crippen molar-refractivity contribution < 1.29 is 13.5 Å². The Bertz CT molecular complexity index is 2190. The molecule has 8 rings (SSSR count). The van der Waals surface area contributed by atoms with E-state index in [4.69, 9.17) is 9.72 Å². The second-order valence-electron chi connectivity index (χ2n) is 13.6. The predicted molar refractivity (Wildman–Crippen MR) is 213 cm³/mol. The van der Waals surface area contributed by atoms with Gasteiger partial charge in [0, 0.05) is 112 Å². The van der Waals surface area contributed by atoms with Crippen molar-refractivity contribution in [2.24, 2.45) is 0 Å². The molecule has 14 nitrogen and oxygen atoms in total. The summed E-state index contributed by atoms with van der Waals surface area (Å²) in [6, 6.07) is 12.1. The van der Waals surface area contributed by atoms with Crippen molar-refractivity contribution in [1.29, 1.82) is 0 Å². The first-order valence-corrected chi connectivity index (χ1v) is 20.0. The maximum Gasteiger partial charge on any atom is 0.213 e. The monoisotopic (exact) mass is 799 g/mol. The van der Waals surface area contributed by atoms with Crippen LogP contribution in [0.25, 0.3) is 22.8 Å². The van der Waals surface area contributed by atoms with E-state index in [0.717, 1.165) is 116 Å². The fourth-order valence-corrected chi connectivity index (χ4v) is 7.91. The Hall–Kier alpha value is -5.17. The molecule has 7 heterocycles. The van der Waals surface area contributed by atoms with E-state index in [1.165, 1.54) is 40.8 Å². The molecule has 2 aliphatic rings. The summed E-state index contributed by atoms with van der Waals surface area (Å²) in [7, 11) is 1.65. The second-order valence-corrected chi connectivity index (χ2v) is 15.0. The highest BCUT2D eigenvalue weighted by atomic mass is 32.1. The van der Waals surface area contributed by atoms with Crippen LogP contribution in [0.3, 0.4) is 0 Å². The Balaban J connectivity index is 0.000000172. The van der Waals surface area contributed by atoms with Gasteiger partial charge < -0.3 is 14.5 Å². The van der Waals surface area contributed by atoms with E-state index in [0.29, 0.717) is 18.1 Å². The molecule has 0 bridgehead atoms. The average Bonchev–Trinajstić information content (AvgIpc) is 3.93. The number of aryl methyl sites for hydroxylation is 2. The number of anilines is 2. The Morgan fingerprint density at radius 2 is 1.16 bits per heavy atom. The third kappa shape index (κ3) is 10.4. The van der Waals surface area contributed by atoms with Crippen molar-refractivity contribution in [2.75, 3.05) is 82.4 Å². The van der Waals surface area contributed by atoms with Gasteiger partial charge in [0.05, 0.1) is 30.9 Å². The molecule has 5 aromatic heterocycles. The van der Waals surface area contributed by atoms with E-state index in [1.807, 2.05) is 32.0 Å². The fraction of sp³-hybridized carbons (Fsp3) is 0.395. The number of nitrogens with zero attached hydrogens (tertiary/aromatic N) is 13. The number of halogens is 2. The van der Waals surface area contributed by atoms with E-state index in [2.05, 4.69) is 64.8 Å². The molecule has 2 saturated heterocycles. The van der Waals surface area contributed by atoms with E-state index in [-0.39, 0.29) is 0 Å². The molecule has 18 heteroatoms. The van der Waals surface area contributed by atoms with E-state index >= 15 is 0 Å². The van der Waals surface area contributed by atoms with E-state index < -0.39 is 11.6 Å². The van der Waals surface area contributed by atoms with Crippen LogP contribution in [-0.4, -0.2) is 126 Å². The number of pyridine rings is 1. The Morgan fingerprint density at radius 1 is 0.643 bits per heavy atom. The number of methoxy groups -OCH3 is 1. The van der Waals surface area contributed by atoms with Crippen LogP contribution in [0.1, 0.15) is 22.5 Å². The molecule has 0 unspecified atom stereocenters. The Labute approximate surface area is 332 Å². The maximum atomic E-state index is 13.3. The maximum absolute atomic E-state index is 13.3. The number of aromatic nitrogens is 9. The normalized spacial score (nSPS) is 15.1. The zero-order valence-corrected chi connectivity index (χ0v) is 33.2. The predicted octanol–water partition coefficient (Wildman–Crippen LogP) is 5.02. The molecule has 0 amide bonds. The van der Waals surface area contributed by atoms with Crippen LogP contribution < -0.4 is 14.5 Å². The molecule has 292 valence electrons. The topological polar surface area (TPSA) is 138 Å². The number of benzene rings is 1. The summed E-state index contributed by atoms with van der Waals surface area (Å²) in [6.07, 6.45) is 6.89. The highest BCUT2D eigenvalue weighted by Gasteiger charge is 2.22. The molecule has 0 saturated carbocycles. The van der Waals surface area contributed by atoms with Crippen molar-refractivity contribution in [3.63, 3.8) is 0 Å². The SMILES string of the molecule is COc1cc(CCN2CCN(c3nc(-c4cnnc(C)c4)ns3)CC2)ccn1.Cc1cc(-c2nsc(N3CCN(CCc4ccc(F)c(F)c4)CC3)n2)cnn1. The molecular weight excluding hydrogens is 757 g/mol. The van der Waals surface area contributed by atoms with E-state index in [1.54, 1.807) is 31.8 Å². The lowest BCUT2D eigenvalue weighted by Gasteiger charge is -2.34. The van der Waals surface area contributed by atoms with Crippen molar-refractivity contribution in [1.82, 2.24) is 53.9 Å². The molecule has 0 atom stereocenters. The molecule has 6 aromatic rings. The van der Waals surface area contributed by atoms with Gasteiger partial charge >= 0.3 is 0 Å². The van der Waals surface area contributed by atoms with Gasteiger partial charge in [0.1, 0.15) is 0 Å². The van der Waals surface area contributed by atoms with Crippen LogP contribution in [0.2, 0.25) is 0 Å². The van der Waals surface area contributed by atoms with Gasteiger partial charge in [-0.15, -0.1) is 0 Å². The van der Waals surface area contributed by atoms with Gasteiger partial charge in [-0.05, 0) is 68.1 Å². The minimum absolute atomic E-state index is 0.675. The fourth-order valence-electron chi connectivity index (χ4n) is 6.43. The Morgan fingerprint density at radius 3 is 1.64 bits per heavy atom. The molecule has 1 aromatic carbocycles. The molecule has 2 fully saturated rings. The molecule has 0 aliphatic carbocycles. The van der Waals surface area contributed by atoms with Crippen molar-refractivity contribution >= 4 is 33.3 Å². The van der Waals surface area contributed by atoms with Gasteiger partial charge in [-0.3, -0.25) is 9.80 Å². The lowest BCUT2D eigenvalue weighted by atomic mass is 10.1. The van der Waals surface area contributed by atoms with Crippen molar-refractivity contribution in [2.45, 2.75) is 26.7 Å². The van der Waals surface area contributed by atoms with Crippen molar-refractivity contribution in [3.8, 4) is 28.7 Å². The van der Waals surface area contributed by atoms with Crippen LogP contribution in [0.4, 0.5) is 19.0 Å². The standard InChI is InChI=1S/C19H20F2N6S.C19H23N7OS/c1-13-10-15(12-22-24-13)18-23-19(28-25-18)27-8-6-26(7-9-27)5-4-14-2-3-16(20)17(21)11-14;1-14-11-16(13-21-23-14)18-22-19(28-24-18)26-9-7-25(8-10-26)6-4-15-3-5-20-17(12-15)27-2/h2-3,10-12H,4-9H2,1H3;3,5,11-13H,4,6-10H2,1-2H3. The minimum atomic E-state index is -0.800. The average molecular weight is 800 g/mol. The first-order chi connectivity index (χ1) is 27.3. The summed E-state index contributed by atoms with van der Waals surface area (Å²) >= 11 is 2.84. The third-order valence-electron chi connectivity index (χ3n) is 9.61. The smallest absolute Gasteiger partial charge is 0.213 e. The van der Waals surface area contributed by atoms with Crippen LogP contribution in [0.15, 0.2) is 61.1 Å². The summed E-state index contributed by atoms with van der Waals surface area (Å²) in [5.74, 6) is 0.500. The first-order valence-electron chi connectivity index (χ1n) is 18.4. The highest BCUT2D eigenvalue weighted by Crippen LogP contribution is 2.26. The zero-order valence-electron chi connectivity index (χ0n) is 31.6. The van der Waals surface area contributed by atoms with Gasteiger partial charge in [-0.2, -0.15) is 39.1 Å². The largest absolute Gasteiger partial charge is 0.481 e. The second kappa shape index (κ2) is 18.6. The summed E-state index contributed by atoms with van der Waals surface area (Å²) < 4.78 is 40.5. The van der Waals surface area contributed by atoms with Gasteiger partial charge in [-0.1, -0.05) is 6.07 Å². The van der Waals surface area contributed by atoms with E-state index in [9.17, 15) is 8.78 Å². The first kappa shape index (κ1) is 39.1. The summed E-state index contributed by atoms with van der Waals surface area (Å²) in [6.45, 7) is 13.1. The van der Waals surface area contributed by atoms with Crippen molar-refractivity contribution in [3.05, 3.63) is 95.2 Å². The number of hydrogen-bond acceptors (Lipinski definition) is 16. The lowest BCUT2D eigenvalue weighted by Crippen LogP contribution is -2.47. The van der Waals surface area contributed by atoms with Crippen LogP contribution in [0.5, 0.6) is 5.88 Å². The van der Waals surface area contributed by atoms with Crippen LogP contribution in [0, 0.1) is 25.5 Å². The van der Waals surface area contributed by atoms with Crippen LogP contribution >= 0.6 is 23.1 Å². The zero-order chi connectivity index (χ0) is 38.9. The van der Waals surface area contributed by atoms with Crippen LogP contribution in [-0.2, 0) is 12.8 Å². The molecule has 56 heavy (non-hydrogen) atoms. The van der Waals surface area contributed by atoms with Gasteiger partial charge in [0.25, 0.3) is 0 Å². The van der Waals surface area contributed by atoms with Gasteiger partial charge in [0.2, 0.25) is 16.1 Å². The minimum Gasteiger partial charge on any atom is -0.481 e. The number of piperazine rings is 2. The molecule has 0 spiro atoms. The summed E-state index contributed by atoms with van der Waals surface area (Å²) in [4.78, 5) is 22.9. The molecule has 2 aliphatic heterocycles. The Kier molecular flexibility index (Phi) is 13.0. The summed E-state index contributed by atoms with van der Waals surface area (Å²) in [5, 5.41) is 17.8. The number of hydrogen-bond donors (Lipinski definition) is 0. The molecular formula is C38H43F2N13OS2. The molecule has 0 N–H and O–H groups in total. The lowest BCUT2D eigenvalue weighted by molar-refractivity contribution is 0.261. The number of ether oxygens (including phenoxy) is 1. The van der Waals surface area contributed by atoms with Gasteiger partial charge in [-0.25, -0.2) is 13.8 Å². The quantitative estimate of drug-likeness (QED) is 0.173. The number of rotatable bonds is 11. The highest BCUT2D eigenvalue weighted by molar-refractivity contribution is 7.10. The third-order valence-corrected chi connectivity index (χ3v) is 11.2. The molecule has 0 radical (unpaired) electrons.